The molecule has 0 aliphatic carbocycles. The maximum atomic E-state index is 10.8. The van der Waals surface area contributed by atoms with Crippen LogP contribution in [0.1, 0.15) is 48.7 Å². The second-order valence-electron chi connectivity index (χ2n) is 4.68. The molecule has 0 aromatic heterocycles. The van der Waals surface area contributed by atoms with Crippen LogP contribution in [0.2, 0.25) is 0 Å². The number of hydrogen-bond donors (Lipinski definition) is 2. The van der Waals surface area contributed by atoms with E-state index in [0.29, 0.717) is 5.56 Å². The molecule has 0 bridgehead atoms. The Balaban J connectivity index is 3.38. The van der Waals surface area contributed by atoms with E-state index in [1.54, 1.807) is 13.0 Å². The lowest BCUT2D eigenvalue weighted by molar-refractivity contribution is 0.0693. The first-order valence-electron chi connectivity index (χ1n) is 5.37. The molecule has 0 fully saturated rings. The molecule has 0 amide bonds. The first-order chi connectivity index (χ1) is 7.31. The third kappa shape index (κ3) is 2.03. The van der Waals surface area contributed by atoms with Crippen LogP contribution >= 0.6 is 0 Å². The SMILES string of the molecule is CCC(C)(C)c1ccc(C(=O)O)c(O)c1C. The molecule has 0 radical (unpaired) electrons. The van der Waals surface area contributed by atoms with Crippen LogP contribution in [0.25, 0.3) is 0 Å². The van der Waals surface area contributed by atoms with Crippen LogP contribution in [0.3, 0.4) is 0 Å². The minimum atomic E-state index is -1.10. The second-order valence-corrected chi connectivity index (χ2v) is 4.68. The number of aromatic hydroxyl groups is 1. The average Bonchev–Trinajstić information content (AvgIpc) is 2.21. The molecule has 0 saturated heterocycles. The van der Waals surface area contributed by atoms with Gasteiger partial charge in [-0.2, -0.15) is 0 Å². The third-order valence-corrected chi connectivity index (χ3v) is 3.27. The van der Waals surface area contributed by atoms with E-state index < -0.39 is 5.97 Å². The van der Waals surface area contributed by atoms with Crippen molar-refractivity contribution in [3.05, 3.63) is 28.8 Å². The van der Waals surface area contributed by atoms with Gasteiger partial charge in [0.05, 0.1) is 0 Å². The van der Waals surface area contributed by atoms with Gasteiger partial charge in [0.1, 0.15) is 11.3 Å². The first kappa shape index (κ1) is 12.6. The van der Waals surface area contributed by atoms with Gasteiger partial charge in [0.25, 0.3) is 0 Å². The van der Waals surface area contributed by atoms with Crippen LogP contribution < -0.4 is 0 Å². The number of carboxylic acid groups (broad SMARTS) is 1. The number of benzene rings is 1. The number of carbonyl (C=O) groups is 1. The number of rotatable bonds is 3. The fourth-order valence-corrected chi connectivity index (χ4v) is 1.80. The minimum Gasteiger partial charge on any atom is -0.507 e. The molecular formula is C13H18O3. The highest BCUT2D eigenvalue weighted by Gasteiger charge is 2.23. The van der Waals surface area contributed by atoms with Gasteiger partial charge in [-0.15, -0.1) is 0 Å². The normalized spacial score (nSPS) is 11.5. The van der Waals surface area contributed by atoms with Gasteiger partial charge in [-0.3, -0.25) is 0 Å². The predicted molar refractivity (Wildman–Crippen MR) is 63.1 cm³/mol. The summed E-state index contributed by atoms with van der Waals surface area (Å²) in [4.78, 5) is 10.8. The molecule has 0 aliphatic heterocycles. The molecule has 3 nitrogen and oxygen atoms in total. The predicted octanol–water partition coefficient (Wildman–Crippen LogP) is 3.09. The summed E-state index contributed by atoms with van der Waals surface area (Å²) in [6.45, 7) is 7.99. The zero-order chi connectivity index (χ0) is 12.5. The minimum absolute atomic E-state index is 0.0341. The van der Waals surface area contributed by atoms with Crippen molar-refractivity contribution in [2.45, 2.75) is 39.5 Å². The van der Waals surface area contributed by atoms with Crippen molar-refractivity contribution in [1.29, 1.82) is 0 Å². The second kappa shape index (κ2) is 4.16. The lowest BCUT2D eigenvalue weighted by Gasteiger charge is -2.26. The Kier molecular flexibility index (Phi) is 3.27. The maximum Gasteiger partial charge on any atom is 0.339 e. The van der Waals surface area contributed by atoms with Gasteiger partial charge in [-0.05, 0) is 36.0 Å². The van der Waals surface area contributed by atoms with Gasteiger partial charge >= 0.3 is 5.97 Å². The van der Waals surface area contributed by atoms with Crippen LogP contribution in [0.4, 0.5) is 0 Å². The summed E-state index contributed by atoms with van der Waals surface area (Å²) in [7, 11) is 0. The van der Waals surface area contributed by atoms with Crippen molar-refractivity contribution < 1.29 is 15.0 Å². The first-order valence-corrected chi connectivity index (χ1v) is 5.37. The molecule has 2 N–H and O–H groups in total. The Labute approximate surface area is 95.7 Å². The van der Waals surface area contributed by atoms with Crippen LogP contribution in [0, 0.1) is 6.92 Å². The van der Waals surface area contributed by atoms with Gasteiger partial charge < -0.3 is 10.2 Å². The standard InChI is InChI=1S/C13H18O3/c1-5-13(3,4)10-7-6-9(12(15)16)11(14)8(10)2/h6-7,14H,5H2,1-4H3,(H,15,16). The molecule has 1 rings (SSSR count). The molecule has 0 spiro atoms. The monoisotopic (exact) mass is 222 g/mol. The summed E-state index contributed by atoms with van der Waals surface area (Å²) in [5.74, 6) is -1.21. The van der Waals surface area contributed by atoms with Crippen LogP contribution in [-0.4, -0.2) is 16.2 Å². The zero-order valence-electron chi connectivity index (χ0n) is 10.2. The largest absolute Gasteiger partial charge is 0.507 e. The topological polar surface area (TPSA) is 57.5 Å². The van der Waals surface area contributed by atoms with Crippen molar-refractivity contribution in [1.82, 2.24) is 0 Å². The maximum absolute atomic E-state index is 10.8. The molecule has 88 valence electrons. The molecule has 0 saturated carbocycles. The highest BCUT2D eigenvalue weighted by molar-refractivity contribution is 5.91. The van der Waals surface area contributed by atoms with Crippen molar-refractivity contribution in [2.75, 3.05) is 0 Å². The van der Waals surface area contributed by atoms with E-state index >= 15 is 0 Å². The fourth-order valence-electron chi connectivity index (χ4n) is 1.80. The number of hydrogen-bond acceptors (Lipinski definition) is 2. The van der Waals surface area contributed by atoms with E-state index in [-0.39, 0.29) is 16.7 Å². The molecule has 0 heterocycles. The Morgan fingerprint density at radius 3 is 2.38 bits per heavy atom. The molecule has 0 unspecified atom stereocenters. The number of aromatic carboxylic acids is 1. The van der Waals surface area contributed by atoms with Gasteiger partial charge in [0.15, 0.2) is 0 Å². The van der Waals surface area contributed by atoms with Crippen LogP contribution in [0.5, 0.6) is 5.75 Å². The summed E-state index contributed by atoms with van der Waals surface area (Å²) in [6, 6.07) is 3.26. The highest BCUT2D eigenvalue weighted by Crippen LogP contribution is 2.35. The summed E-state index contributed by atoms with van der Waals surface area (Å²) in [5, 5.41) is 18.7. The van der Waals surface area contributed by atoms with E-state index in [1.165, 1.54) is 6.07 Å². The lowest BCUT2D eigenvalue weighted by atomic mass is 9.79. The zero-order valence-corrected chi connectivity index (χ0v) is 10.2. The Morgan fingerprint density at radius 2 is 1.94 bits per heavy atom. The van der Waals surface area contributed by atoms with Crippen molar-refractivity contribution in [3.8, 4) is 5.75 Å². The number of carboxylic acids is 1. The summed E-state index contributed by atoms with van der Waals surface area (Å²) in [6.07, 6.45) is 0.930. The van der Waals surface area contributed by atoms with E-state index in [2.05, 4.69) is 20.8 Å². The van der Waals surface area contributed by atoms with Crippen molar-refractivity contribution in [2.24, 2.45) is 0 Å². The molecule has 16 heavy (non-hydrogen) atoms. The van der Waals surface area contributed by atoms with E-state index in [9.17, 15) is 9.90 Å². The van der Waals surface area contributed by atoms with Crippen LogP contribution in [-0.2, 0) is 5.41 Å². The van der Waals surface area contributed by atoms with Crippen LogP contribution in [0.15, 0.2) is 12.1 Å². The van der Waals surface area contributed by atoms with Gasteiger partial charge in [-0.1, -0.05) is 26.8 Å². The Hall–Kier alpha value is -1.51. The highest BCUT2D eigenvalue weighted by atomic mass is 16.4. The van der Waals surface area contributed by atoms with Gasteiger partial charge in [0.2, 0.25) is 0 Å². The third-order valence-electron chi connectivity index (χ3n) is 3.27. The smallest absolute Gasteiger partial charge is 0.339 e. The molecule has 1 aromatic rings. The molecular weight excluding hydrogens is 204 g/mol. The Bertz CT molecular complexity index is 419. The summed E-state index contributed by atoms with van der Waals surface area (Å²) < 4.78 is 0. The average molecular weight is 222 g/mol. The molecule has 0 atom stereocenters. The van der Waals surface area contributed by atoms with Gasteiger partial charge in [0, 0.05) is 0 Å². The van der Waals surface area contributed by atoms with Crippen molar-refractivity contribution in [3.63, 3.8) is 0 Å². The lowest BCUT2D eigenvalue weighted by Crippen LogP contribution is -2.17. The fraction of sp³-hybridized carbons (Fsp3) is 0.462. The quantitative estimate of drug-likeness (QED) is 0.826. The Morgan fingerprint density at radius 1 is 1.38 bits per heavy atom. The molecule has 1 aromatic carbocycles. The van der Waals surface area contributed by atoms with E-state index in [0.717, 1.165) is 12.0 Å². The van der Waals surface area contributed by atoms with Gasteiger partial charge in [-0.25, -0.2) is 4.79 Å². The molecule has 0 aliphatic rings. The molecule has 3 heteroatoms. The van der Waals surface area contributed by atoms with E-state index in [1.807, 2.05) is 0 Å². The van der Waals surface area contributed by atoms with E-state index in [4.69, 9.17) is 5.11 Å². The van der Waals surface area contributed by atoms with Crippen molar-refractivity contribution >= 4 is 5.97 Å². The summed E-state index contributed by atoms with van der Waals surface area (Å²) in [5.41, 5.74) is 1.57. The number of phenols is 1. The summed E-state index contributed by atoms with van der Waals surface area (Å²) >= 11 is 0.